The smallest absolute Gasteiger partial charge is 0.0731 e. The number of aryl methyl sites for hydroxylation is 1. The SMILES string of the molecule is ClC1=CNC2C(=C1)CCc1cc(Cl)ccc1C2=C1CCNCC1. The van der Waals surface area contributed by atoms with E-state index in [9.17, 15) is 0 Å². The van der Waals surface area contributed by atoms with Gasteiger partial charge in [-0.2, -0.15) is 0 Å². The van der Waals surface area contributed by atoms with Gasteiger partial charge in [0.1, 0.15) is 0 Å². The summed E-state index contributed by atoms with van der Waals surface area (Å²) in [5.74, 6) is 0. The molecule has 0 bridgehead atoms. The van der Waals surface area contributed by atoms with E-state index in [2.05, 4.69) is 28.8 Å². The van der Waals surface area contributed by atoms with Crippen molar-refractivity contribution in [3.63, 3.8) is 0 Å². The van der Waals surface area contributed by atoms with Crippen LogP contribution in [-0.4, -0.2) is 19.1 Å². The third kappa shape index (κ3) is 2.96. The van der Waals surface area contributed by atoms with Crippen LogP contribution in [0.4, 0.5) is 0 Å². The van der Waals surface area contributed by atoms with Crippen LogP contribution < -0.4 is 10.6 Å². The lowest BCUT2D eigenvalue weighted by molar-refractivity contribution is 0.606. The van der Waals surface area contributed by atoms with Gasteiger partial charge in [-0.15, -0.1) is 0 Å². The second-order valence-corrected chi connectivity index (χ2v) is 7.29. The van der Waals surface area contributed by atoms with Crippen LogP contribution in [-0.2, 0) is 6.42 Å². The summed E-state index contributed by atoms with van der Waals surface area (Å²) in [6, 6.07) is 6.59. The average Bonchev–Trinajstić information content (AvgIpc) is 2.72. The van der Waals surface area contributed by atoms with Crippen molar-refractivity contribution in [1.82, 2.24) is 10.6 Å². The Bertz CT molecular complexity index is 723. The minimum atomic E-state index is 0.244. The van der Waals surface area contributed by atoms with E-state index >= 15 is 0 Å². The Balaban J connectivity index is 1.89. The van der Waals surface area contributed by atoms with Crippen molar-refractivity contribution in [3.8, 4) is 0 Å². The molecule has 1 saturated heterocycles. The Morgan fingerprint density at radius 2 is 1.83 bits per heavy atom. The van der Waals surface area contributed by atoms with Gasteiger partial charge >= 0.3 is 0 Å². The van der Waals surface area contributed by atoms with E-state index in [0.717, 1.165) is 48.8 Å². The molecule has 0 saturated carbocycles. The standard InChI is InChI=1S/C19H20Cl2N2/c20-15-3-4-17-13(9-15)1-2-14-10-16(21)11-23-19(14)18(17)12-5-7-22-8-6-12/h3-4,9-11,19,22-23H,1-2,5-8H2. The van der Waals surface area contributed by atoms with Gasteiger partial charge in [-0.25, -0.2) is 0 Å². The third-order valence-corrected chi connectivity index (χ3v) is 5.45. The maximum Gasteiger partial charge on any atom is 0.0731 e. The van der Waals surface area contributed by atoms with Gasteiger partial charge in [0.2, 0.25) is 0 Å². The first kappa shape index (κ1) is 15.3. The molecule has 0 spiro atoms. The molecule has 2 nitrogen and oxygen atoms in total. The van der Waals surface area contributed by atoms with Crippen molar-refractivity contribution < 1.29 is 0 Å². The molecule has 120 valence electrons. The molecule has 0 amide bonds. The van der Waals surface area contributed by atoms with E-state index in [-0.39, 0.29) is 6.04 Å². The molecule has 3 aliphatic rings. The lowest BCUT2D eigenvalue weighted by atomic mass is 9.85. The molecule has 1 fully saturated rings. The molecule has 23 heavy (non-hydrogen) atoms. The van der Waals surface area contributed by atoms with Gasteiger partial charge in [0.05, 0.1) is 11.1 Å². The van der Waals surface area contributed by atoms with Crippen LogP contribution >= 0.6 is 23.2 Å². The summed E-state index contributed by atoms with van der Waals surface area (Å²) in [5.41, 5.74) is 7.10. The highest BCUT2D eigenvalue weighted by molar-refractivity contribution is 6.31. The summed E-state index contributed by atoms with van der Waals surface area (Å²) in [6.07, 6.45) is 8.32. The van der Waals surface area contributed by atoms with Crippen LogP contribution in [0.2, 0.25) is 5.02 Å². The van der Waals surface area contributed by atoms with Crippen LogP contribution in [0, 0.1) is 0 Å². The fourth-order valence-corrected chi connectivity index (χ4v) is 4.31. The van der Waals surface area contributed by atoms with E-state index in [1.807, 2.05) is 12.3 Å². The highest BCUT2D eigenvalue weighted by Gasteiger charge is 2.29. The lowest BCUT2D eigenvalue weighted by Crippen LogP contribution is -2.32. The molecule has 0 radical (unpaired) electrons. The fourth-order valence-electron chi connectivity index (χ4n) is 3.92. The lowest BCUT2D eigenvalue weighted by Gasteiger charge is -2.30. The highest BCUT2D eigenvalue weighted by Crippen LogP contribution is 2.39. The first-order valence-electron chi connectivity index (χ1n) is 8.26. The second-order valence-electron chi connectivity index (χ2n) is 6.42. The maximum atomic E-state index is 6.25. The van der Waals surface area contributed by atoms with E-state index in [4.69, 9.17) is 23.2 Å². The molecule has 1 unspecified atom stereocenters. The first-order chi connectivity index (χ1) is 11.2. The minimum Gasteiger partial charge on any atom is -0.379 e. The number of dihydropyridines is 1. The van der Waals surface area contributed by atoms with Gasteiger partial charge in [-0.1, -0.05) is 34.8 Å². The molecule has 1 aliphatic carbocycles. The van der Waals surface area contributed by atoms with Gasteiger partial charge in [0, 0.05) is 11.2 Å². The van der Waals surface area contributed by atoms with Gasteiger partial charge in [-0.3, -0.25) is 0 Å². The quantitative estimate of drug-likeness (QED) is 0.727. The largest absolute Gasteiger partial charge is 0.379 e. The number of hydrogen-bond acceptors (Lipinski definition) is 2. The van der Waals surface area contributed by atoms with Gasteiger partial charge in [-0.05, 0) is 79.3 Å². The van der Waals surface area contributed by atoms with Crippen LogP contribution in [0.3, 0.4) is 0 Å². The first-order valence-corrected chi connectivity index (χ1v) is 9.01. The maximum absolute atomic E-state index is 6.25. The molecule has 4 heteroatoms. The number of benzene rings is 1. The third-order valence-electron chi connectivity index (χ3n) is 5.00. The topological polar surface area (TPSA) is 24.1 Å². The summed E-state index contributed by atoms with van der Waals surface area (Å²) in [4.78, 5) is 0. The van der Waals surface area contributed by atoms with Crippen molar-refractivity contribution in [3.05, 3.63) is 62.8 Å². The predicted molar refractivity (Wildman–Crippen MR) is 97.7 cm³/mol. The number of piperidine rings is 1. The molecule has 0 aromatic heterocycles. The van der Waals surface area contributed by atoms with Gasteiger partial charge < -0.3 is 10.6 Å². The zero-order valence-corrected chi connectivity index (χ0v) is 14.5. The molecule has 2 heterocycles. The number of nitrogens with one attached hydrogen (secondary N) is 2. The van der Waals surface area contributed by atoms with Crippen LogP contribution in [0.1, 0.15) is 30.4 Å². The molecule has 2 N–H and O–H groups in total. The Morgan fingerprint density at radius 3 is 2.65 bits per heavy atom. The number of fused-ring (bicyclic) bond motifs is 2. The molecule has 2 aliphatic heterocycles. The van der Waals surface area contributed by atoms with E-state index < -0.39 is 0 Å². The van der Waals surface area contributed by atoms with Crippen molar-refractivity contribution in [2.45, 2.75) is 31.7 Å². The summed E-state index contributed by atoms with van der Waals surface area (Å²) in [7, 11) is 0. The molecule has 4 rings (SSSR count). The minimum absolute atomic E-state index is 0.244. The normalized spacial score (nSPS) is 24.0. The number of hydrogen-bond donors (Lipinski definition) is 2. The summed E-state index contributed by atoms with van der Waals surface area (Å²) < 4.78 is 0. The predicted octanol–water partition coefficient (Wildman–Crippen LogP) is 4.40. The van der Waals surface area contributed by atoms with Gasteiger partial charge in [0.15, 0.2) is 0 Å². The number of rotatable bonds is 0. The van der Waals surface area contributed by atoms with Crippen LogP contribution in [0.25, 0.3) is 5.57 Å². The van der Waals surface area contributed by atoms with Crippen molar-refractivity contribution in [2.75, 3.05) is 13.1 Å². The van der Waals surface area contributed by atoms with Crippen LogP contribution in [0.15, 0.2) is 46.7 Å². The Morgan fingerprint density at radius 1 is 1.00 bits per heavy atom. The molecule has 1 aromatic carbocycles. The molecule has 1 aromatic rings. The summed E-state index contributed by atoms with van der Waals surface area (Å²) in [5, 5.41) is 8.61. The Kier molecular flexibility index (Phi) is 4.23. The number of allylic oxidation sites excluding steroid dienone is 2. The van der Waals surface area contributed by atoms with Gasteiger partial charge in [0.25, 0.3) is 0 Å². The second kappa shape index (κ2) is 6.35. The van der Waals surface area contributed by atoms with Crippen molar-refractivity contribution >= 4 is 28.8 Å². The zero-order valence-electron chi connectivity index (χ0n) is 13.0. The molecular formula is C19H20Cl2N2. The number of halogens is 2. The van der Waals surface area contributed by atoms with Crippen molar-refractivity contribution in [1.29, 1.82) is 0 Å². The monoisotopic (exact) mass is 346 g/mol. The highest BCUT2D eigenvalue weighted by atomic mass is 35.5. The Labute approximate surface area is 147 Å². The van der Waals surface area contributed by atoms with Crippen LogP contribution in [0.5, 0.6) is 0 Å². The summed E-state index contributed by atoms with van der Waals surface area (Å²) >= 11 is 12.5. The summed E-state index contributed by atoms with van der Waals surface area (Å²) in [6.45, 7) is 2.12. The Hall–Kier alpha value is -1.22. The average molecular weight is 347 g/mol. The molecule has 1 atom stereocenters. The van der Waals surface area contributed by atoms with E-state index in [1.54, 1.807) is 5.57 Å². The van der Waals surface area contributed by atoms with E-state index in [1.165, 1.54) is 22.3 Å². The van der Waals surface area contributed by atoms with Crippen molar-refractivity contribution in [2.24, 2.45) is 0 Å². The van der Waals surface area contributed by atoms with E-state index in [0.29, 0.717) is 0 Å². The fraction of sp³-hybridized carbons (Fsp3) is 0.368. The zero-order chi connectivity index (χ0) is 15.8. The molecular weight excluding hydrogens is 327 g/mol.